The van der Waals surface area contributed by atoms with Crippen LogP contribution >= 0.6 is 11.6 Å². The molecule has 1 aromatic rings. The summed E-state index contributed by atoms with van der Waals surface area (Å²) in [7, 11) is 1.67. The third-order valence-corrected chi connectivity index (χ3v) is 7.13. The SMILES string of the molecule is COCC(C)N[C@H]1CC[C@H](C(=O)N[C@H](c2c(F)ccc(Cl)c2F)C2(C)CCCC2)C1. The lowest BCUT2D eigenvalue weighted by atomic mass is 9.76. The number of carbonyl (C=O) groups is 1. The highest BCUT2D eigenvalue weighted by atomic mass is 35.5. The van der Waals surface area contributed by atoms with E-state index >= 15 is 0 Å². The molecule has 2 aliphatic carbocycles. The Bertz CT molecular complexity index is 755. The fraction of sp³-hybridized carbons (Fsp3) is 0.696. The van der Waals surface area contributed by atoms with Crippen molar-refractivity contribution in [2.75, 3.05) is 13.7 Å². The van der Waals surface area contributed by atoms with Crippen molar-refractivity contribution in [3.63, 3.8) is 0 Å². The maximum absolute atomic E-state index is 14.9. The first-order valence-electron chi connectivity index (χ1n) is 10.9. The lowest BCUT2D eigenvalue weighted by Gasteiger charge is -2.36. The molecule has 0 radical (unpaired) electrons. The Balaban J connectivity index is 1.77. The Kier molecular flexibility index (Phi) is 7.75. The summed E-state index contributed by atoms with van der Waals surface area (Å²) in [6.45, 7) is 4.68. The lowest BCUT2D eigenvalue weighted by molar-refractivity contribution is -0.126. The summed E-state index contributed by atoms with van der Waals surface area (Å²) in [6.07, 6.45) is 5.96. The van der Waals surface area contributed by atoms with Crippen LogP contribution in [0.25, 0.3) is 0 Å². The van der Waals surface area contributed by atoms with Crippen molar-refractivity contribution in [2.45, 2.75) is 76.9 Å². The predicted octanol–water partition coefficient (Wildman–Crippen LogP) is 5.15. The van der Waals surface area contributed by atoms with Gasteiger partial charge in [0.15, 0.2) is 0 Å². The first-order chi connectivity index (χ1) is 14.2. The molecule has 1 amide bonds. The minimum atomic E-state index is -0.769. The molecule has 0 saturated heterocycles. The van der Waals surface area contributed by atoms with E-state index < -0.39 is 23.1 Å². The molecule has 1 unspecified atom stereocenters. The van der Waals surface area contributed by atoms with Crippen LogP contribution in [0.3, 0.4) is 0 Å². The summed E-state index contributed by atoms with van der Waals surface area (Å²) in [5, 5.41) is 6.41. The highest BCUT2D eigenvalue weighted by Crippen LogP contribution is 2.49. The fourth-order valence-corrected chi connectivity index (χ4v) is 5.37. The van der Waals surface area contributed by atoms with E-state index in [1.54, 1.807) is 7.11 Å². The Hall–Kier alpha value is -1.24. The van der Waals surface area contributed by atoms with Gasteiger partial charge in [-0.1, -0.05) is 31.4 Å². The van der Waals surface area contributed by atoms with Gasteiger partial charge < -0.3 is 15.4 Å². The Morgan fingerprint density at radius 1 is 1.30 bits per heavy atom. The van der Waals surface area contributed by atoms with Crippen molar-refractivity contribution in [3.8, 4) is 0 Å². The number of halogens is 3. The zero-order chi connectivity index (χ0) is 21.9. The van der Waals surface area contributed by atoms with E-state index in [1.807, 2.05) is 6.92 Å². The minimum absolute atomic E-state index is 0.110. The van der Waals surface area contributed by atoms with Crippen molar-refractivity contribution >= 4 is 17.5 Å². The zero-order valence-corrected chi connectivity index (χ0v) is 18.8. The van der Waals surface area contributed by atoms with Gasteiger partial charge in [0.05, 0.1) is 17.7 Å². The second kappa shape index (κ2) is 9.92. The molecule has 168 valence electrons. The van der Waals surface area contributed by atoms with Gasteiger partial charge in [0.2, 0.25) is 5.91 Å². The number of hydrogen-bond acceptors (Lipinski definition) is 3. The molecule has 0 aromatic heterocycles. The quantitative estimate of drug-likeness (QED) is 0.547. The van der Waals surface area contributed by atoms with E-state index in [0.717, 1.165) is 38.5 Å². The lowest BCUT2D eigenvalue weighted by Crippen LogP contribution is -2.42. The molecular formula is C23H33ClF2N2O2. The molecule has 0 spiro atoms. The summed E-state index contributed by atoms with van der Waals surface area (Å²) in [5.41, 5.74) is -0.507. The van der Waals surface area contributed by atoms with Gasteiger partial charge in [-0.3, -0.25) is 4.79 Å². The second-order valence-corrected chi connectivity index (χ2v) is 9.70. The molecule has 0 heterocycles. The standard InChI is InChI=1S/C23H33ClF2N2O2/c1-14(13-30-3)27-16-7-6-15(12-16)22(29)28-21(23(2)10-4-5-11-23)19-18(25)9-8-17(24)20(19)26/h8-9,14-16,21,27H,4-7,10-13H2,1-3H3,(H,28,29)/t14?,15-,16-,21+/m0/s1. The molecule has 2 N–H and O–H groups in total. The molecule has 4 nitrogen and oxygen atoms in total. The van der Waals surface area contributed by atoms with Crippen molar-refractivity contribution in [3.05, 3.63) is 34.4 Å². The van der Waals surface area contributed by atoms with Crippen molar-refractivity contribution in [1.82, 2.24) is 10.6 Å². The molecule has 2 fully saturated rings. The molecular weight excluding hydrogens is 410 g/mol. The van der Waals surface area contributed by atoms with Gasteiger partial charge >= 0.3 is 0 Å². The topological polar surface area (TPSA) is 50.4 Å². The van der Waals surface area contributed by atoms with Crippen LogP contribution in [0.1, 0.15) is 70.4 Å². The number of ether oxygens (including phenoxy) is 1. The smallest absolute Gasteiger partial charge is 0.223 e. The minimum Gasteiger partial charge on any atom is -0.383 e. The fourth-order valence-electron chi connectivity index (χ4n) is 5.21. The summed E-state index contributed by atoms with van der Waals surface area (Å²) < 4.78 is 34.8. The number of rotatable bonds is 8. The van der Waals surface area contributed by atoms with E-state index in [-0.39, 0.29) is 34.5 Å². The number of carbonyl (C=O) groups excluding carboxylic acids is 1. The molecule has 4 atom stereocenters. The molecule has 0 aliphatic heterocycles. The highest BCUT2D eigenvalue weighted by molar-refractivity contribution is 6.30. The van der Waals surface area contributed by atoms with Gasteiger partial charge in [-0.2, -0.15) is 0 Å². The van der Waals surface area contributed by atoms with Gasteiger partial charge in [0.1, 0.15) is 11.6 Å². The monoisotopic (exact) mass is 442 g/mol. The van der Waals surface area contributed by atoms with E-state index in [9.17, 15) is 13.6 Å². The van der Waals surface area contributed by atoms with Crippen molar-refractivity contribution in [2.24, 2.45) is 11.3 Å². The van der Waals surface area contributed by atoms with Crippen molar-refractivity contribution < 1.29 is 18.3 Å². The highest BCUT2D eigenvalue weighted by Gasteiger charge is 2.43. The van der Waals surface area contributed by atoms with Crippen LogP contribution in [0.15, 0.2) is 12.1 Å². The Morgan fingerprint density at radius 3 is 2.67 bits per heavy atom. The van der Waals surface area contributed by atoms with Crippen LogP contribution in [-0.2, 0) is 9.53 Å². The van der Waals surface area contributed by atoms with Crippen molar-refractivity contribution in [1.29, 1.82) is 0 Å². The average molecular weight is 443 g/mol. The number of methoxy groups -OCH3 is 1. The van der Waals surface area contributed by atoms with E-state index in [0.29, 0.717) is 13.0 Å². The average Bonchev–Trinajstić information content (AvgIpc) is 3.34. The number of benzene rings is 1. The first-order valence-corrected chi connectivity index (χ1v) is 11.3. The molecule has 30 heavy (non-hydrogen) atoms. The van der Waals surface area contributed by atoms with Crippen LogP contribution in [-0.4, -0.2) is 31.7 Å². The van der Waals surface area contributed by atoms with Gasteiger partial charge in [0.25, 0.3) is 0 Å². The molecule has 1 aromatic carbocycles. The van der Waals surface area contributed by atoms with Gasteiger partial charge in [0, 0.05) is 30.7 Å². The summed E-state index contributed by atoms with van der Waals surface area (Å²) in [4.78, 5) is 13.2. The second-order valence-electron chi connectivity index (χ2n) is 9.29. The Labute approximate surface area is 183 Å². The van der Waals surface area contributed by atoms with Crippen LogP contribution in [0.5, 0.6) is 0 Å². The van der Waals surface area contributed by atoms with Crippen LogP contribution in [0, 0.1) is 23.0 Å². The number of amides is 1. The summed E-state index contributed by atoms with van der Waals surface area (Å²) >= 11 is 5.97. The van der Waals surface area contributed by atoms with E-state index in [1.165, 1.54) is 12.1 Å². The van der Waals surface area contributed by atoms with Gasteiger partial charge in [-0.05, 0) is 56.6 Å². The van der Waals surface area contributed by atoms with E-state index in [4.69, 9.17) is 16.3 Å². The maximum Gasteiger partial charge on any atom is 0.223 e. The van der Waals surface area contributed by atoms with Gasteiger partial charge in [-0.15, -0.1) is 0 Å². The van der Waals surface area contributed by atoms with Crippen LogP contribution in [0.4, 0.5) is 8.78 Å². The van der Waals surface area contributed by atoms with Crippen LogP contribution < -0.4 is 10.6 Å². The third kappa shape index (κ3) is 5.14. The number of nitrogens with one attached hydrogen (secondary N) is 2. The van der Waals surface area contributed by atoms with Gasteiger partial charge in [-0.25, -0.2) is 8.78 Å². The summed E-state index contributed by atoms with van der Waals surface area (Å²) in [5.74, 6) is -1.73. The zero-order valence-electron chi connectivity index (χ0n) is 18.1. The Morgan fingerprint density at radius 2 is 2.00 bits per heavy atom. The summed E-state index contributed by atoms with van der Waals surface area (Å²) in [6, 6.07) is 2.13. The molecule has 2 saturated carbocycles. The maximum atomic E-state index is 14.9. The third-order valence-electron chi connectivity index (χ3n) is 6.84. The molecule has 0 bridgehead atoms. The largest absolute Gasteiger partial charge is 0.383 e. The molecule has 7 heteroatoms. The normalized spacial score (nSPS) is 25.3. The van der Waals surface area contributed by atoms with E-state index in [2.05, 4.69) is 17.6 Å². The number of hydrogen-bond donors (Lipinski definition) is 2. The predicted molar refractivity (Wildman–Crippen MR) is 114 cm³/mol. The first kappa shape index (κ1) is 23.4. The molecule has 2 aliphatic rings. The molecule has 3 rings (SSSR count). The van der Waals surface area contributed by atoms with Crippen LogP contribution in [0.2, 0.25) is 5.02 Å².